The van der Waals surface area contributed by atoms with E-state index in [1.165, 1.54) is 17.9 Å². The van der Waals surface area contributed by atoms with E-state index in [2.05, 4.69) is 0 Å². The summed E-state index contributed by atoms with van der Waals surface area (Å²) in [4.78, 5) is 11.4. The lowest BCUT2D eigenvalue weighted by atomic mass is 9.97. The van der Waals surface area contributed by atoms with Crippen LogP contribution < -0.4 is 5.43 Å². The van der Waals surface area contributed by atoms with Gasteiger partial charge in [-0.2, -0.15) is 0 Å². The van der Waals surface area contributed by atoms with Gasteiger partial charge in [0, 0.05) is 18.7 Å². The lowest BCUT2D eigenvalue weighted by Crippen LogP contribution is -2.13. The van der Waals surface area contributed by atoms with Gasteiger partial charge in [0.1, 0.15) is 5.76 Å². The minimum absolute atomic E-state index is 0.0685. The molecule has 0 saturated heterocycles. The molecule has 3 nitrogen and oxygen atoms in total. The van der Waals surface area contributed by atoms with E-state index in [0.29, 0.717) is 12.4 Å². The molecule has 0 amide bonds. The predicted octanol–water partition coefficient (Wildman–Crippen LogP) is 1.62. The number of methoxy groups -OCH3 is 1. The van der Waals surface area contributed by atoms with Gasteiger partial charge in [-0.25, -0.2) is 0 Å². The fourth-order valence-electron chi connectivity index (χ4n) is 1.67. The molecule has 0 aliphatic heterocycles. The molecule has 0 fully saturated rings. The van der Waals surface area contributed by atoms with Gasteiger partial charge in [-0.15, -0.1) is 0 Å². The Balaban J connectivity index is 2.40. The first-order valence-corrected chi connectivity index (χ1v) is 4.60. The summed E-state index contributed by atoms with van der Waals surface area (Å²) < 4.78 is 10.3. The third kappa shape index (κ3) is 1.63. The summed E-state index contributed by atoms with van der Waals surface area (Å²) in [5.41, 5.74) is 2.03. The maximum absolute atomic E-state index is 11.4. The maximum Gasteiger partial charge on any atom is 0.188 e. The molecule has 0 atom stereocenters. The van der Waals surface area contributed by atoms with Crippen LogP contribution in [0.25, 0.3) is 6.08 Å². The number of hydrogen-bond donors (Lipinski definition) is 0. The highest BCUT2D eigenvalue weighted by Gasteiger charge is 2.14. The Morgan fingerprint density at radius 2 is 2.36 bits per heavy atom. The van der Waals surface area contributed by atoms with Gasteiger partial charge in [-0.1, -0.05) is 0 Å². The van der Waals surface area contributed by atoms with Crippen molar-refractivity contribution in [2.24, 2.45) is 0 Å². The van der Waals surface area contributed by atoms with Crippen molar-refractivity contribution in [3.05, 3.63) is 39.4 Å². The first-order chi connectivity index (χ1) is 6.81. The molecule has 0 aromatic carbocycles. The van der Waals surface area contributed by atoms with E-state index in [9.17, 15) is 4.79 Å². The van der Waals surface area contributed by atoms with Crippen LogP contribution in [0, 0.1) is 0 Å². The van der Waals surface area contributed by atoms with E-state index >= 15 is 0 Å². The molecule has 0 bridgehead atoms. The molecular weight excluding hydrogens is 180 g/mol. The van der Waals surface area contributed by atoms with Gasteiger partial charge in [0.05, 0.1) is 12.9 Å². The Morgan fingerprint density at radius 1 is 1.50 bits per heavy atom. The zero-order valence-electron chi connectivity index (χ0n) is 8.08. The van der Waals surface area contributed by atoms with Crippen molar-refractivity contribution >= 4 is 6.08 Å². The lowest BCUT2D eigenvalue weighted by molar-refractivity contribution is 0.223. The lowest BCUT2D eigenvalue weighted by Gasteiger charge is -2.13. The topological polar surface area (TPSA) is 39.4 Å². The van der Waals surface area contributed by atoms with Gasteiger partial charge in [-0.05, 0) is 24.5 Å². The van der Waals surface area contributed by atoms with Crippen LogP contribution in [0.3, 0.4) is 0 Å². The minimum Gasteiger partial charge on any atom is -0.464 e. The highest BCUT2D eigenvalue weighted by Crippen LogP contribution is 2.21. The van der Waals surface area contributed by atoms with Crippen molar-refractivity contribution in [3.63, 3.8) is 0 Å². The third-order valence-electron chi connectivity index (χ3n) is 2.37. The molecule has 3 heteroatoms. The van der Waals surface area contributed by atoms with Crippen LogP contribution in [0.4, 0.5) is 0 Å². The van der Waals surface area contributed by atoms with Crippen LogP contribution in [-0.4, -0.2) is 13.7 Å². The molecule has 0 saturated carbocycles. The quantitative estimate of drug-likeness (QED) is 0.714. The van der Waals surface area contributed by atoms with Gasteiger partial charge in [0.25, 0.3) is 0 Å². The fourth-order valence-corrected chi connectivity index (χ4v) is 1.67. The molecule has 1 aromatic heterocycles. The van der Waals surface area contributed by atoms with Crippen molar-refractivity contribution < 1.29 is 9.15 Å². The molecule has 74 valence electrons. The molecule has 1 heterocycles. The molecule has 1 aliphatic rings. The van der Waals surface area contributed by atoms with Gasteiger partial charge in [0.15, 0.2) is 5.43 Å². The zero-order valence-corrected chi connectivity index (χ0v) is 8.08. The van der Waals surface area contributed by atoms with E-state index in [0.717, 1.165) is 18.4 Å². The van der Waals surface area contributed by atoms with Crippen LogP contribution in [0.2, 0.25) is 0 Å². The second-order valence-electron chi connectivity index (χ2n) is 3.36. The predicted molar refractivity (Wildman–Crippen MR) is 53.2 cm³/mol. The maximum atomic E-state index is 11.4. The van der Waals surface area contributed by atoms with Gasteiger partial charge in [-0.3, -0.25) is 4.79 Å². The van der Waals surface area contributed by atoms with Crippen LogP contribution >= 0.6 is 0 Å². The minimum atomic E-state index is 0.0685. The molecule has 0 N–H and O–H groups in total. The Hall–Kier alpha value is -1.35. The van der Waals surface area contributed by atoms with Crippen LogP contribution in [0.1, 0.15) is 17.7 Å². The fraction of sp³-hybridized carbons (Fsp3) is 0.364. The second-order valence-corrected chi connectivity index (χ2v) is 3.36. The summed E-state index contributed by atoms with van der Waals surface area (Å²) in [5.74, 6) is 0.691. The van der Waals surface area contributed by atoms with E-state index in [4.69, 9.17) is 9.15 Å². The molecule has 0 radical (unpaired) electrons. The molecule has 2 rings (SSSR count). The van der Waals surface area contributed by atoms with Crippen molar-refractivity contribution in [3.8, 4) is 0 Å². The monoisotopic (exact) mass is 192 g/mol. The van der Waals surface area contributed by atoms with Crippen molar-refractivity contribution in [2.75, 3.05) is 13.7 Å². The normalized spacial score (nSPS) is 14.8. The Labute approximate surface area is 82.0 Å². The third-order valence-corrected chi connectivity index (χ3v) is 2.37. The molecule has 1 aromatic rings. The standard InChI is InChI=1S/C11H12O3/c1-13-7-8-2-3-9-10(12)4-5-14-11(9)6-8/h4-6H,2-3,7H2,1H3. The van der Waals surface area contributed by atoms with Gasteiger partial charge >= 0.3 is 0 Å². The highest BCUT2D eigenvalue weighted by molar-refractivity contribution is 5.54. The molecule has 0 spiro atoms. The summed E-state index contributed by atoms with van der Waals surface area (Å²) in [5, 5.41) is 0. The smallest absolute Gasteiger partial charge is 0.188 e. The summed E-state index contributed by atoms with van der Waals surface area (Å²) >= 11 is 0. The summed E-state index contributed by atoms with van der Waals surface area (Å²) in [6.07, 6.45) is 4.99. The SMILES string of the molecule is COCC1=Cc2occc(=O)c2CC1. The largest absolute Gasteiger partial charge is 0.464 e. The first-order valence-electron chi connectivity index (χ1n) is 4.60. The number of fused-ring (bicyclic) bond motifs is 1. The van der Waals surface area contributed by atoms with Crippen LogP contribution in [0.15, 0.2) is 27.1 Å². The Morgan fingerprint density at radius 3 is 3.14 bits per heavy atom. The molecular formula is C11H12O3. The first kappa shape index (κ1) is 9.21. The Bertz CT molecular complexity index is 415. The summed E-state index contributed by atoms with van der Waals surface area (Å²) in [6, 6.07) is 1.47. The van der Waals surface area contributed by atoms with Crippen molar-refractivity contribution in [1.29, 1.82) is 0 Å². The van der Waals surface area contributed by atoms with E-state index in [-0.39, 0.29) is 5.43 Å². The van der Waals surface area contributed by atoms with E-state index < -0.39 is 0 Å². The molecule has 14 heavy (non-hydrogen) atoms. The van der Waals surface area contributed by atoms with E-state index in [1.54, 1.807) is 7.11 Å². The van der Waals surface area contributed by atoms with Crippen molar-refractivity contribution in [2.45, 2.75) is 12.8 Å². The average Bonchev–Trinajstić information content (AvgIpc) is 2.18. The summed E-state index contributed by atoms with van der Waals surface area (Å²) in [6.45, 7) is 0.609. The van der Waals surface area contributed by atoms with Crippen LogP contribution in [-0.2, 0) is 11.2 Å². The molecule has 1 aliphatic carbocycles. The molecule has 0 unspecified atom stereocenters. The van der Waals surface area contributed by atoms with Gasteiger partial charge < -0.3 is 9.15 Å². The Kier molecular flexibility index (Phi) is 2.50. The van der Waals surface area contributed by atoms with E-state index in [1.807, 2.05) is 6.08 Å². The van der Waals surface area contributed by atoms with Crippen molar-refractivity contribution in [1.82, 2.24) is 0 Å². The number of hydrogen-bond acceptors (Lipinski definition) is 3. The number of rotatable bonds is 2. The second kappa shape index (κ2) is 3.80. The van der Waals surface area contributed by atoms with Gasteiger partial charge in [0.2, 0.25) is 0 Å². The van der Waals surface area contributed by atoms with Crippen LogP contribution in [0.5, 0.6) is 0 Å². The summed E-state index contributed by atoms with van der Waals surface area (Å²) in [7, 11) is 1.66. The number of ether oxygens (including phenoxy) is 1. The average molecular weight is 192 g/mol. The zero-order chi connectivity index (χ0) is 9.97. The highest BCUT2D eigenvalue weighted by atomic mass is 16.5.